The highest BCUT2D eigenvalue weighted by Gasteiger charge is 2.16. The van der Waals surface area contributed by atoms with E-state index >= 15 is 0 Å². The van der Waals surface area contributed by atoms with Crippen molar-refractivity contribution in [2.45, 2.75) is 32.6 Å². The molecule has 2 rings (SSSR count). The molecule has 1 heterocycles. The van der Waals surface area contributed by atoms with Gasteiger partial charge in [-0.15, -0.1) is 0 Å². The molecule has 1 amide bonds. The zero-order chi connectivity index (χ0) is 15.2. The van der Waals surface area contributed by atoms with Crippen LogP contribution in [0.5, 0.6) is 0 Å². The maximum absolute atomic E-state index is 12.0. The van der Waals surface area contributed by atoms with Crippen LogP contribution < -0.4 is 5.32 Å². The highest BCUT2D eigenvalue weighted by atomic mass is 16.6. The van der Waals surface area contributed by atoms with E-state index in [2.05, 4.69) is 5.32 Å². The number of likely N-dealkylation sites (tertiary alicyclic amines) is 1. The third-order valence-corrected chi connectivity index (χ3v) is 3.78. The van der Waals surface area contributed by atoms with Gasteiger partial charge in [-0.05, 0) is 37.8 Å². The Hall–Kier alpha value is -2.11. The zero-order valence-corrected chi connectivity index (χ0v) is 12.3. The molecule has 21 heavy (non-hydrogen) atoms. The van der Waals surface area contributed by atoms with Crippen LogP contribution in [-0.4, -0.2) is 35.4 Å². The summed E-state index contributed by atoms with van der Waals surface area (Å²) in [7, 11) is 0. The summed E-state index contributed by atoms with van der Waals surface area (Å²) in [6.45, 7) is 4.11. The van der Waals surface area contributed by atoms with Gasteiger partial charge in [0, 0.05) is 43.9 Å². The molecule has 6 heteroatoms. The number of amides is 1. The Morgan fingerprint density at radius 3 is 2.67 bits per heavy atom. The van der Waals surface area contributed by atoms with E-state index in [-0.39, 0.29) is 11.6 Å². The molecule has 0 aromatic heterocycles. The summed E-state index contributed by atoms with van der Waals surface area (Å²) in [5.41, 5.74) is 1.74. The second kappa shape index (κ2) is 7.06. The Balaban J connectivity index is 1.83. The van der Waals surface area contributed by atoms with Crippen molar-refractivity contribution in [2.75, 3.05) is 25.0 Å². The van der Waals surface area contributed by atoms with Gasteiger partial charge < -0.3 is 10.2 Å². The van der Waals surface area contributed by atoms with E-state index in [9.17, 15) is 14.9 Å². The number of rotatable bonds is 5. The Labute approximate surface area is 124 Å². The number of hydrogen-bond acceptors (Lipinski definition) is 4. The molecule has 1 saturated heterocycles. The van der Waals surface area contributed by atoms with Crippen molar-refractivity contribution in [1.29, 1.82) is 0 Å². The fraction of sp³-hybridized carbons (Fsp3) is 0.533. The van der Waals surface area contributed by atoms with E-state index in [0.29, 0.717) is 13.0 Å². The van der Waals surface area contributed by atoms with E-state index in [4.69, 9.17) is 0 Å². The fourth-order valence-electron chi connectivity index (χ4n) is 2.57. The molecule has 0 radical (unpaired) electrons. The smallest absolute Gasteiger partial charge is 0.269 e. The van der Waals surface area contributed by atoms with E-state index < -0.39 is 4.92 Å². The highest BCUT2D eigenvalue weighted by molar-refractivity contribution is 5.76. The first-order chi connectivity index (χ1) is 10.1. The van der Waals surface area contributed by atoms with E-state index in [1.807, 2.05) is 11.8 Å². The Kier molecular flexibility index (Phi) is 5.14. The first-order valence-electron chi connectivity index (χ1n) is 7.34. The summed E-state index contributed by atoms with van der Waals surface area (Å²) in [4.78, 5) is 24.2. The minimum Gasteiger partial charge on any atom is -0.384 e. The summed E-state index contributed by atoms with van der Waals surface area (Å²) in [6.07, 6.45) is 3.86. The number of piperidine rings is 1. The van der Waals surface area contributed by atoms with Gasteiger partial charge >= 0.3 is 0 Å². The van der Waals surface area contributed by atoms with Gasteiger partial charge in [0.2, 0.25) is 5.91 Å². The van der Waals surface area contributed by atoms with Crippen molar-refractivity contribution in [3.05, 3.63) is 33.9 Å². The number of nitro benzene ring substituents is 1. The quantitative estimate of drug-likeness (QED) is 0.668. The van der Waals surface area contributed by atoms with Crippen LogP contribution in [0.3, 0.4) is 0 Å². The van der Waals surface area contributed by atoms with Gasteiger partial charge in [-0.3, -0.25) is 14.9 Å². The monoisotopic (exact) mass is 291 g/mol. The van der Waals surface area contributed by atoms with Gasteiger partial charge in [0.15, 0.2) is 0 Å². The summed E-state index contributed by atoms with van der Waals surface area (Å²) < 4.78 is 0. The molecule has 0 spiro atoms. The van der Waals surface area contributed by atoms with E-state index in [0.717, 1.165) is 37.2 Å². The van der Waals surface area contributed by atoms with Gasteiger partial charge in [0.25, 0.3) is 5.69 Å². The van der Waals surface area contributed by atoms with Crippen LogP contribution in [0.15, 0.2) is 18.2 Å². The molecule has 0 bridgehead atoms. The number of anilines is 1. The minimum absolute atomic E-state index is 0.0856. The van der Waals surface area contributed by atoms with Crippen LogP contribution in [0.2, 0.25) is 0 Å². The van der Waals surface area contributed by atoms with Crippen molar-refractivity contribution in [3.63, 3.8) is 0 Å². The van der Waals surface area contributed by atoms with Gasteiger partial charge in [-0.2, -0.15) is 0 Å². The van der Waals surface area contributed by atoms with Crippen molar-refractivity contribution >= 4 is 17.3 Å². The molecule has 0 unspecified atom stereocenters. The lowest BCUT2D eigenvalue weighted by atomic mass is 10.1. The number of carbonyl (C=O) groups excluding carboxylic acids is 1. The average Bonchev–Trinajstić information content (AvgIpc) is 2.49. The second-order valence-electron chi connectivity index (χ2n) is 5.37. The lowest BCUT2D eigenvalue weighted by molar-refractivity contribution is -0.384. The highest BCUT2D eigenvalue weighted by Crippen LogP contribution is 2.21. The van der Waals surface area contributed by atoms with Crippen molar-refractivity contribution in [2.24, 2.45) is 0 Å². The topological polar surface area (TPSA) is 75.5 Å². The fourth-order valence-corrected chi connectivity index (χ4v) is 2.57. The molecule has 6 nitrogen and oxygen atoms in total. The predicted octanol–water partition coefficient (Wildman–Crippen LogP) is 2.72. The third-order valence-electron chi connectivity index (χ3n) is 3.78. The van der Waals surface area contributed by atoms with Gasteiger partial charge in [-0.25, -0.2) is 0 Å². The minimum atomic E-state index is -0.406. The van der Waals surface area contributed by atoms with Crippen molar-refractivity contribution in [3.8, 4) is 0 Å². The molecule has 0 aliphatic carbocycles. The van der Waals surface area contributed by atoms with Crippen LogP contribution in [0, 0.1) is 17.0 Å². The number of nitrogens with one attached hydrogen (secondary N) is 1. The SMILES string of the molecule is Cc1cc([N+](=O)[O-])ccc1NCCC(=O)N1CCCCC1. The predicted molar refractivity (Wildman–Crippen MR) is 81.4 cm³/mol. The number of nitrogens with zero attached hydrogens (tertiary/aromatic N) is 2. The molecule has 1 N–H and O–H groups in total. The van der Waals surface area contributed by atoms with Gasteiger partial charge in [0.1, 0.15) is 0 Å². The van der Waals surface area contributed by atoms with Crippen LogP contribution in [-0.2, 0) is 4.79 Å². The maximum atomic E-state index is 12.0. The van der Waals surface area contributed by atoms with Gasteiger partial charge in [-0.1, -0.05) is 0 Å². The average molecular weight is 291 g/mol. The molecule has 114 valence electrons. The van der Waals surface area contributed by atoms with E-state index in [1.54, 1.807) is 6.07 Å². The second-order valence-corrected chi connectivity index (χ2v) is 5.37. The van der Waals surface area contributed by atoms with Crippen molar-refractivity contribution < 1.29 is 9.72 Å². The Morgan fingerprint density at radius 2 is 2.05 bits per heavy atom. The first-order valence-corrected chi connectivity index (χ1v) is 7.34. The molecule has 1 aliphatic heterocycles. The van der Waals surface area contributed by atoms with Crippen LogP contribution >= 0.6 is 0 Å². The molecule has 1 fully saturated rings. The van der Waals surface area contributed by atoms with Gasteiger partial charge in [0.05, 0.1) is 4.92 Å². The largest absolute Gasteiger partial charge is 0.384 e. The lowest BCUT2D eigenvalue weighted by Gasteiger charge is -2.26. The van der Waals surface area contributed by atoms with Crippen LogP contribution in [0.1, 0.15) is 31.2 Å². The number of hydrogen-bond donors (Lipinski definition) is 1. The zero-order valence-electron chi connectivity index (χ0n) is 12.3. The standard InChI is InChI=1S/C15H21N3O3/c1-12-11-13(18(20)21)5-6-14(12)16-8-7-15(19)17-9-3-2-4-10-17/h5-6,11,16H,2-4,7-10H2,1H3. The summed E-state index contributed by atoms with van der Waals surface area (Å²) in [5, 5.41) is 13.9. The summed E-state index contributed by atoms with van der Waals surface area (Å²) >= 11 is 0. The van der Waals surface area contributed by atoms with E-state index in [1.165, 1.54) is 18.6 Å². The third kappa shape index (κ3) is 4.18. The van der Waals surface area contributed by atoms with Crippen molar-refractivity contribution in [1.82, 2.24) is 4.90 Å². The number of carbonyl (C=O) groups is 1. The molecule has 1 aromatic carbocycles. The lowest BCUT2D eigenvalue weighted by Crippen LogP contribution is -2.36. The molecule has 1 aliphatic rings. The Morgan fingerprint density at radius 1 is 1.33 bits per heavy atom. The molecular formula is C15H21N3O3. The molecule has 0 atom stereocenters. The number of aryl methyl sites for hydroxylation is 1. The molecular weight excluding hydrogens is 270 g/mol. The normalized spacial score (nSPS) is 14.8. The summed E-state index contributed by atoms with van der Waals surface area (Å²) in [6, 6.07) is 4.70. The maximum Gasteiger partial charge on any atom is 0.269 e. The molecule has 0 saturated carbocycles. The number of benzene rings is 1. The summed E-state index contributed by atoms with van der Waals surface area (Å²) in [5.74, 6) is 0.182. The van der Waals surface area contributed by atoms with Crippen LogP contribution in [0.25, 0.3) is 0 Å². The Bertz CT molecular complexity index is 525. The number of non-ortho nitro benzene ring substituents is 1. The molecule has 1 aromatic rings. The van der Waals surface area contributed by atoms with Crippen LogP contribution in [0.4, 0.5) is 11.4 Å². The number of nitro groups is 1. The first kappa shape index (κ1) is 15.3.